The molecular formula is C20H19F3N2O3. The first kappa shape index (κ1) is 19.9. The number of carbonyl (C=O) groups excluding carboxylic acids is 1. The fraction of sp³-hybridized carbons (Fsp3) is 0.300. The van der Waals surface area contributed by atoms with E-state index in [1.807, 2.05) is 0 Å². The number of alkyl halides is 3. The van der Waals surface area contributed by atoms with Gasteiger partial charge in [0.2, 0.25) is 5.91 Å². The largest absolute Gasteiger partial charge is 0.416 e. The van der Waals surface area contributed by atoms with Gasteiger partial charge in [-0.05, 0) is 29.8 Å². The molecule has 1 aromatic heterocycles. The van der Waals surface area contributed by atoms with E-state index in [4.69, 9.17) is 4.74 Å². The fourth-order valence-corrected chi connectivity index (χ4v) is 3.20. The third kappa shape index (κ3) is 4.33. The van der Waals surface area contributed by atoms with Crippen molar-refractivity contribution < 1.29 is 22.7 Å². The monoisotopic (exact) mass is 392 g/mol. The summed E-state index contributed by atoms with van der Waals surface area (Å²) in [5, 5.41) is 0. The van der Waals surface area contributed by atoms with E-state index in [-0.39, 0.29) is 31.2 Å². The van der Waals surface area contributed by atoms with E-state index < -0.39 is 23.9 Å². The number of hydrogen-bond acceptors (Lipinski definition) is 3. The number of carbonyl (C=O) groups is 1. The van der Waals surface area contributed by atoms with Crippen molar-refractivity contribution in [3.63, 3.8) is 0 Å². The molecule has 1 saturated heterocycles. The maximum absolute atomic E-state index is 12.7. The molecule has 0 spiro atoms. The number of aromatic nitrogens is 1. The summed E-state index contributed by atoms with van der Waals surface area (Å²) in [6.07, 6.45) is -2.05. The number of rotatable bonds is 5. The van der Waals surface area contributed by atoms with Crippen LogP contribution in [0, 0.1) is 0 Å². The quantitative estimate of drug-likeness (QED) is 0.735. The van der Waals surface area contributed by atoms with Gasteiger partial charge in [-0.2, -0.15) is 13.2 Å². The molecule has 1 fully saturated rings. The van der Waals surface area contributed by atoms with Gasteiger partial charge in [0.1, 0.15) is 0 Å². The van der Waals surface area contributed by atoms with Gasteiger partial charge in [-0.3, -0.25) is 9.59 Å². The highest BCUT2D eigenvalue weighted by atomic mass is 19.4. The van der Waals surface area contributed by atoms with Crippen LogP contribution in [0.25, 0.3) is 0 Å². The van der Waals surface area contributed by atoms with E-state index in [2.05, 4.69) is 6.58 Å². The first-order valence-electron chi connectivity index (χ1n) is 8.66. The second-order valence-electron chi connectivity index (χ2n) is 6.50. The number of amides is 1. The Morgan fingerprint density at radius 2 is 1.89 bits per heavy atom. The van der Waals surface area contributed by atoms with E-state index in [1.54, 1.807) is 18.3 Å². The molecule has 0 saturated carbocycles. The summed E-state index contributed by atoms with van der Waals surface area (Å²) in [5.74, 6) is -0.269. The van der Waals surface area contributed by atoms with E-state index in [9.17, 15) is 22.8 Å². The Kier molecular flexibility index (Phi) is 5.69. The van der Waals surface area contributed by atoms with E-state index >= 15 is 0 Å². The molecule has 2 aromatic rings. The number of likely N-dealkylation sites (tertiary alicyclic amines) is 1. The Morgan fingerprint density at radius 3 is 2.50 bits per heavy atom. The highest BCUT2D eigenvalue weighted by molar-refractivity contribution is 5.87. The van der Waals surface area contributed by atoms with Crippen molar-refractivity contribution in [2.45, 2.75) is 24.9 Å². The summed E-state index contributed by atoms with van der Waals surface area (Å²) < 4.78 is 45.4. The van der Waals surface area contributed by atoms with Crippen LogP contribution < -0.4 is 5.56 Å². The van der Waals surface area contributed by atoms with E-state index in [1.165, 1.54) is 33.7 Å². The number of benzene rings is 1. The first-order valence-corrected chi connectivity index (χ1v) is 8.66. The summed E-state index contributed by atoms with van der Waals surface area (Å²) >= 11 is 0. The van der Waals surface area contributed by atoms with Gasteiger partial charge in [0.15, 0.2) is 0 Å². The lowest BCUT2D eigenvalue weighted by atomic mass is 10.1. The van der Waals surface area contributed by atoms with E-state index in [0.29, 0.717) is 5.56 Å². The number of halogens is 3. The first-order chi connectivity index (χ1) is 13.3. The molecule has 0 unspecified atom stereocenters. The highest BCUT2D eigenvalue weighted by Crippen LogP contribution is 2.30. The lowest BCUT2D eigenvalue weighted by molar-refractivity contribution is -0.137. The van der Waals surface area contributed by atoms with Crippen molar-refractivity contribution in [1.29, 1.82) is 0 Å². The molecule has 0 radical (unpaired) electrons. The van der Waals surface area contributed by atoms with Gasteiger partial charge < -0.3 is 14.2 Å². The Labute approximate surface area is 159 Å². The molecule has 1 aliphatic heterocycles. The highest BCUT2D eigenvalue weighted by Gasteiger charge is 2.37. The normalized spacial score (nSPS) is 19.6. The van der Waals surface area contributed by atoms with Crippen LogP contribution in [0.4, 0.5) is 13.2 Å². The summed E-state index contributed by atoms with van der Waals surface area (Å²) in [6.45, 7) is 4.09. The average Bonchev–Trinajstić information content (AvgIpc) is 3.10. The molecule has 3 rings (SSSR count). The van der Waals surface area contributed by atoms with Crippen molar-refractivity contribution in [1.82, 2.24) is 9.47 Å². The van der Waals surface area contributed by atoms with Crippen LogP contribution in [0.2, 0.25) is 0 Å². The van der Waals surface area contributed by atoms with Crippen molar-refractivity contribution in [2.75, 3.05) is 13.1 Å². The molecule has 5 nitrogen and oxygen atoms in total. The Hall–Kier alpha value is -2.87. The van der Waals surface area contributed by atoms with Crippen LogP contribution in [0.15, 0.2) is 66.1 Å². The molecule has 2 heterocycles. The van der Waals surface area contributed by atoms with Gasteiger partial charge in [0.25, 0.3) is 5.56 Å². The van der Waals surface area contributed by atoms with Gasteiger partial charge in [-0.15, -0.1) is 0 Å². The number of nitrogens with zero attached hydrogens (tertiary/aromatic N) is 2. The minimum absolute atomic E-state index is 0.0665. The van der Waals surface area contributed by atoms with Crippen molar-refractivity contribution in [3.05, 3.63) is 82.8 Å². The molecule has 1 aliphatic rings. The van der Waals surface area contributed by atoms with Crippen molar-refractivity contribution in [2.24, 2.45) is 0 Å². The second kappa shape index (κ2) is 8.02. The molecular weight excluding hydrogens is 373 g/mol. The second-order valence-corrected chi connectivity index (χ2v) is 6.50. The Morgan fingerprint density at radius 1 is 1.18 bits per heavy atom. The minimum Gasteiger partial charge on any atom is -0.369 e. The van der Waals surface area contributed by atoms with Crippen LogP contribution in [-0.2, 0) is 22.3 Å². The number of hydrogen-bond donors (Lipinski definition) is 0. The smallest absolute Gasteiger partial charge is 0.369 e. The maximum atomic E-state index is 12.7. The maximum Gasteiger partial charge on any atom is 0.416 e. The summed E-state index contributed by atoms with van der Waals surface area (Å²) in [6, 6.07) is 9.07. The third-order valence-corrected chi connectivity index (χ3v) is 4.68. The topological polar surface area (TPSA) is 51.5 Å². The predicted molar refractivity (Wildman–Crippen MR) is 96.5 cm³/mol. The molecule has 0 bridgehead atoms. The van der Waals surface area contributed by atoms with Crippen LogP contribution >= 0.6 is 0 Å². The van der Waals surface area contributed by atoms with Crippen LogP contribution in [0.1, 0.15) is 17.2 Å². The lowest BCUT2D eigenvalue weighted by Gasteiger charge is -2.21. The van der Waals surface area contributed by atoms with Gasteiger partial charge in [-0.1, -0.05) is 24.8 Å². The molecule has 1 amide bonds. The Balaban J connectivity index is 1.76. The fourth-order valence-electron chi connectivity index (χ4n) is 3.20. The number of ether oxygens (including phenoxy) is 1. The Bertz CT molecular complexity index is 906. The zero-order valence-corrected chi connectivity index (χ0v) is 14.9. The zero-order chi connectivity index (χ0) is 20.3. The van der Waals surface area contributed by atoms with Crippen LogP contribution in [0.3, 0.4) is 0 Å². The number of pyridine rings is 1. The third-order valence-electron chi connectivity index (χ3n) is 4.68. The molecule has 2 atom stereocenters. The SMILES string of the molecule is C=CC(=O)N1C[C@@H](n2ccccc2=O)[C@H](OCc2ccc(C(F)(F)F)cc2)C1. The van der Waals surface area contributed by atoms with Crippen molar-refractivity contribution >= 4 is 5.91 Å². The molecule has 1 aromatic carbocycles. The summed E-state index contributed by atoms with van der Waals surface area (Å²) in [5.41, 5.74) is -0.377. The molecule has 0 N–H and O–H groups in total. The molecule has 8 heteroatoms. The van der Waals surface area contributed by atoms with Crippen LogP contribution in [0.5, 0.6) is 0 Å². The molecule has 148 valence electrons. The van der Waals surface area contributed by atoms with Gasteiger partial charge in [0.05, 0.1) is 24.3 Å². The predicted octanol–water partition coefficient (Wildman–Crippen LogP) is 3.02. The summed E-state index contributed by atoms with van der Waals surface area (Å²) in [4.78, 5) is 25.7. The molecule has 28 heavy (non-hydrogen) atoms. The molecule has 0 aliphatic carbocycles. The average molecular weight is 392 g/mol. The zero-order valence-electron chi connectivity index (χ0n) is 14.9. The van der Waals surface area contributed by atoms with Crippen molar-refractivity contribution in [3.8, 4) is 0 Å². The van der Waals surface area contributed by atoms with Gasteiger partial charge >= 0.3 is 6.18 Å². The minimum atomic E-state index is -4.39. The lowest BCUT2D eigenvalue weighted by Crippen LogP contribution is -2.32. The van der Waals surface area contributed by atoms with E-state index in [0.717, 1.165) is 12.1 Å². The van der Waals surface area contributed by atoms with Crippen LogP contribution in [-0.4, -0.2) is 34.6 Å². The van der Waals surface area contributed by atoms with Gasteiger partial charge in [0, 0.05) is 25.4 Å². The standard InChI is InChI=1S/C20H19F3N2O3/c1-2-18(26)24-11-16(25-10-4-3-5-19(25)27)17(12-24)28-13-14-6-8-15(9-7-14)20(21,22)23/h2-10,16-17H,1,11-13H2/t16-,17-/m1/s1. The van der Waals surface area contributed by atoms with Gasteiger partial charge in [-0.25, -0.2) is 0 Å². The summed E-state index contributed by atoms with van der Waals surface area (Å²) in [7, 11) is 0.